The molecule has 0 radical (unpaired) electrons. The lowest BCUT2D eigenvalue weighted by Crippen LogP contribution is -2.17. The maximum Gasteiger partial charge on any atom is 0.439 e. The van der Waals surface area contributed by atoms with E-state index in [1.165, 1.54) is 25.7 Å². The van der Waals surface area contributed by atoms with Crippen molar-refractivity contribution in [1.29, 1.82) is 5.26 Å². The van der Waals surface area contributed by atoms with Gasteiger partial charge in [-0.15, -0.1) is 0 Å². The maximum absolute atomic E-state index is 11.4. The van der Waals surface area contributed by atoms with Gasteiger partial charge >= 0.3 is 5.76 Å². The molecule has 9 nitrogen and oxygen atoms in total. The highest BCUT2D eigenvalue weighted by Crippen LogP contribution is 2.33. The van der Waals surface area contributed by atoms with E-state index in [1.54, 1.807) is 24.5 Å². The predicted octanol–water partition coefficient (Wildman–Crippen LogP) is 4.19. The van der Waals surface area contributed by atoms with E-state index in [1.807, 2.05) is 0 Å². The Hall–Kier alpha value is -3.51. The zero-order valence-corrected chi connectivity index (χ0v) is 18.1. The molecule has 5 rings (SSSR count). The number of hydrogen-bond donors (Lipinski definition) is 1. The molecule has 10 heteroatoms. The van der Waals surface area contributed by atoms with Gasteiger partial charge in [0.25, 0.3) is 0 Å². The Kier molecular flexibility index (Phi) is 5.23. The largest absolute Gasteiger partial charge is 0.439 e. The molecule has 0 saturated heterocycles. The minimum atomic E-state index is -0.697. The highest BCUT2D eigenvalue weighted by Gasteiger charge is 2.23. The molecule has 1 fully saturated rings. The number of nitrogens with zero attached hydrogens (tertiary/aromatic N) is 6. The average Bonchev–Trinajstić information content (AvgIpc) is 3.40. The summed E-state index contributed by atoms with van der Waals surface area (Å²) in [6.07, 6.45) is 6.57. The van der Waals surface area contributed by atoms with E-state index >= 15 is 0 Å². The first-order valence-corrected chi connectivity index (χ1v) is 10.9. The second-order valence-corrected chi connectivity index (χ2v) is 8.81. The molecule has 32 heavy (non-hydrogen) atoms. The Balaban J connectivity index is 1.67. The van der Waals surface area contributed by atoms with Gasteiger partial charge in [0.05, 0.1) is 18.0 Å². The van der Waals surface area contributed by atoms with E-state index in [0.717, 1.165) is 18.0 Å². The van der Waals surface area contributed by atoms with E-state index < -0.39 is 5.76 Å². The van der Waals surface area contributed by atoms with E-state index in [0.29, 0.717) is 33.4 Å². The summed E-state index contributed by atoms with van der Waals surface area (Å²) in [6.45, 7) is 3.11. The lowest BCUT2D eigenvalue weighted by Gasteiger charge is -2.26. The summed E-state index contributed by atoms with van der Waals surface area (Å²) < 4.78 is 6.69. The van der Waals surface area contributed by atoms with Crippen LogP contribution in [0.4, 0.5) is 0 Å². The predicted molar refractivity (Wildman–Crippen MR) is 118 cm³/mol. The highest BCUT2D eigenvalue weighted by atomic mass is 35.5. The van der Waals surface area contributed by atoms with Crippen molar-refractivity contribution in [2.75, 3.05) is 0 Å². The van der Waals surface area contributed by atoms with Gasteiger partial charge in [-0.1, -0.05) is 36.5 Å². The molecule has 3 aromatic heterocycles. The quantitative estimate of drug-likeness (QED) is 0.494. The summed E-state index contributed by atoms with van der Waals surface area (Å²) >= 11 is 6.28. The first-order chi connectivity index (χ1) is 15.5. The molecule has 1 aromatic carbocycles. The number of hydrogen-bond acceptors (Lipinski definition) is 7. The van der Waals surface area contributed by atoms with Crippen molar-refractivity contribution in [2.24, 2.45) is 11.8 Å². The number of halogens is 1. The number of fused-ring (bicyclic) bond motifs is 1. The highest BCUT2D eigenvalue weighted by molar-refractivity contribution is 6.31. The molecule has 1 aliphatic carbocycles. The van der Waals surface area contributed by atoms with Crippen LogP contribution >= 0.6 is 11.6 Å². The number of imidazole rings is 1. The molecule has 0 unspecified atom stereocenters. The van der Waals surface area contributed by atoms with Gasteiger partial charge in [-0.25, -0.2) is 19.7 Å². The second-order valence-electron chi connectivity index (χ2n) is 8.37. The zero-order valence-electron chi connectivity index (χ0n) is 17.4. The summed E-state index contributed by atoms with van der Waals surface area (Å²) in [5, 5.41) is 13.5. The van der Waals surface area contributed by atoms with Crippen molar-refractivity contribution in [1.82, 2.24) is 29.7 Å². The Morgan fingerprint density at radius 3 is 2.78 bits per heavy atom. The number of aromatic amines is 1. The van der Waals surface area contributed by atoms with Crippen LogP contribution < -0.4 is 5.76 Å². The fraction of sp³-hybridized carbons (Fsp3) is 0.364. The van der Waals surface area contributed by atoms with Crippen LogP contribution in [-0.4, -0.2) is 29.7 Å². The third kappa shape index (κ3) is 3.89. The molecule has 0 spiro atoms. The Bertz CT molecular complexity index is 1390. The summed E-state index contributed by atoms with van der Waals surface area (Å²) in [5.41, 5.74) is 2.87. The molecule has 1 saturated carbocycles. The maximum atomic E-state index is 11.4. The van der Waals surface area contributed by atoms with Crippen molar-refractivity contribution < 1.29 is 4.52 Å². The molecule has 0 amide bonds. The van der Waals surface area contributed by atoms with Crippen LogP contribution in [0.15, 0.2) is 33.8 Å². The molecule has 0 bridgehead atoms. The standard InChI is InChI=1S/C22H20ClN7O2/c1-12-2-4-13(5-3-12)10-30-11-25-19-18(30)17(15-6-14(9-24)7-16(23)8-15)26-20(27-19)21-28-22(31)32-29-21/h6-8,11-13H,2-5,10H2,1H3,(H,28,29,31). The fourth-order valence-electron chi connectivity index (χ4n) is 4.33. The van der Waals surface area contributed by atoms with Gasteiger partial charge < -0.3 is 4.57 Å². The van der Waals surface area contributed by atoms with E-state index in [-0.39, 0.29) is 11.6 Å². The Morgan fingerprint density at radius 2 is 2.06 bits per heavy atom. The number of aromatic nitrogens is 6. The molecule has 162 valence electrons. The fourth-order valence-corrected chi connectivity index (χ4v) is 4.57. The molecular weight excluding hydrogens is 430 g/mol. The van der Waals surface area contributed by atoms with Crippen LogP contribution in [0.25, 0.3) is 34.1 Å². The van der Waals surface area contributed by atoms with Crippen molar-refractivity contribution in [2.45, 2.75) is 39.2 Å². The first-order valence-electron chi connectivity index (χ1n) is 10.5. The third-order valence-corrected chi connectivity index (χ3v) is 6.23. The third-order valence-electron chi connectivity index (χ3n) is 6.01. The van der Waals surface area contributed by atoms with Gasteiger partial charge in [-0.05, 0) is 42.9 Å². The SMILES string of the molecule is CC1CCC(Cn2cnc3nc(-c4noc(=O)[nH]4)nc(-c4cc(Cl)cc(C#N)c4)c32)CC1. The molecule has 4 aromatic rings. The van der Waals surface area contributed by atoms with Gasteiger partial charge in [0, 0.05) is 17.1 Å². The van der Waals surface area contributed by atoms with Crippen LogP contribution in [-0.2, 0) is 6.54 Å². The molecular formula is C22H20ClN7O2. The zero-order chi connectivity index (χ0) is 22.2. The van der Waals surface area contributed by atoms with Crippen LogP contribution in [0.2, 0.25) is 5.02 Å². The normalized spacial score (nSPS) is 18.7. The van der Waals surface area contributed by atoms with E-state index in [9.17, 15) is 10.1 Å². The van der Waals surface area contributed by atoms with Gasteiger partial charge in [-0.3, -0.25) is 9.51 Å². The van der Waals surface area contributed by atoms with Crippen molar-refractivity contribution in [3.63, 3.8) is 0 Å². The van der Waals surface area contributed by atoms with Gasteiger partial charge in [0.15, 0.2) is 5.65 Å². The van der Waals surface area contributed by atoms with Crippen LogP contribution in [0.3, 0.4) is 0 Å². The number of H-pyrrole nitrogens is 1. The lowest BCUT2D eigenvalue weighted by molar-refractivity contribution is 0.266. The summed E-state index contributed by atoms with van der Waals surface area (Å²) in [7, 11) is 0. The number of nitrogens with one attached hydrogen (secondary N) is 1. The topological polar surface area (TPSA) is 126 Å². The van der Waals surface area contributed by atoms with Gasteiger partial charge in [-0.2, -0.15) is 5.26 Å². The molecule has 3 heterocycles. The summed E-state index contributed by atoms with van der Waals surface area (Å²) in [6, 6.07) is 7.20. The van der Waals surface area contributed by atoms with Gasteiger partial charge in [0.2, 0.25) is 11.6 Å². The Labute approximate surface area is 188 Å². The minimum absolute atomic E-state index is 0.108. The van der Waals surface area contributed by atoms with Crippen LogP contribution in [0, 0.1) is 23.2 Å². The van der Waals surface area contributed by atoms with Crippen molar-refractivity contribution in [3.8, 4) is 29.0 Å². The molecule has 0 aliphatic heterocycles. The summed E-state index contributed by atoms with van der Waals surface area (Å²) in [4.78, 5) is 27.6. The lowest BCUT2D eigenvalue weighted by atomic mass is 9.83. The smallest absolute Gasteiger partial charge is 0.327 e. The molecule has 1 aliphatic rings. The number of rotatable bonds is 4. The van der Waals surface area contributed by atoms with Crippen LogP contribution in [0.5, 0.6) is 0 Å². The minimum Gasteiger partial charge on any atom is -0.327 e. The molecule has 1 N–H and O–H groups in total. The van der Waals surface area contributed by atoms with Crippen molar-refractivity contribution in [3.05, 3.63) is 45.7 Å². The molecule has 0 atom stereocenters. The van der Waals surface area contributed by atoms with Crippen molar-refractivity contribution >= 4 is 22.8 Å². The monoisotopic (exact) mass is 449 g/mol. The van der Waals surface area contributed by atoms with Gasteiger partial charge in [0.1, 0.15) is 11.2 Å². The number of nitriles is 1. The average molecular weight is 450 g/mol. The van der Waals surface area contributed by atoms with E-state index in [4.69, 9.17) is 11.6 Å². The first kappa shape index (κ1) is 20.4. The second kappa shape index (κ2) is 8.20. The van der Waals surface area contributed by atoms with E-state index in [2.05, 4.69) is 47.2 Å². The Morgan fingerprint density at radius 1 is 1.25 bits per heavy atom. The van der Waals surface area contributed by atoms with Crippen LogP contribution in [0.1, 0.15) is 38.2 Å². The summed E-state index contributed by atoms with van der Waals surface area (Å²) in [5.74, 6) is 0.909. The number of benzene rings is 1.